The Morgan fingerprint density at radius 1 is 0.425 bits per heavy atom. The summed E-state index contributed by atoms with van der Waals surface area (Å²) in [5, 5.41) is 14.0. The number of likely N-dealkylation sites (N-methyl/N-ethyl adjacent to an activating group) is 1. The molecule has 80 heavy (non-hydrogen) atoms. The van der Waals surface area contributed by atoms with Crippen molar-refractivity contribution in [3.63, 3.8) is 0 Å². The smallest absolute Gasteiger partial charge is 0.387 e. The summed E-state index contributed by atoms with van der Waals surface area (Å²) in [7, 11) is 1.57. The van der Waals surface area contributed by atoms with E-state index in [4.69, 9.17) is 9.05 Å². The number of phosphoric acid groups is 1. The van der Waals surface area contributed by atoms with Gasteiger partial charge in [-0.15, -0.1) is 0 Å². The van der Waals surface area contributed by atoms with E-state index < -0.39 is 20.0 Å². The van der Waals surface area contributed by atoms with Crippen LogP contribution in [0.15, 0.2) is 60.8 Å². The molecule has 0 rings (SSSR count). The Morgan fingerprint density at radius 3 is 1.09 bits per heavy atom. The highest BCUT2D eigenvalue weighted by atomic mass is 31.2. The highest BCUT2D eigenvalue weighted by Crippen LogP contribution is 2.43. The molecule has 0 saturated carbocycles. The molecular formula is C71H136N2O6P+. The summed E-state index contributed by atoms with van der Waals surface area (Å²) in [6.45, 7) is 4.83. The molecule has 3 atom stereocenters. The van der Waals surface area contributed by atoms with Crippen molar-refractivity contribution in [3.8, 4) is 0 Å². The van der Waals surface area contributed by atoms with E-state index in [1.165, 1.54) is 263 Å². The molecule has 0 heterocycles. The normalized spacial score (nSPS) is 14.0. The molecule has 0 aliphatic rings. The average molecular weight is 1140 g/mol. The Bertz CT molecular complexity index is 1490. The van der Waals surface area contributed by atoms with Crippen molar-refractivity contribution in [1.82, 2.24) is 5.32 Å². The Hall–Kier alpha value is -1.80. The zero-order valence-corrected chi connectivity index (χ0v) is 54.7. The number of aliphatic hydroxyl groups is 1. The number of quaternary nitrogens is 1. The van der Waals surface area contributed by atoms with Crippen molar-refractivity contribution < 1.29 is 32.9 Å². The summed E-state index contributed by atoms with van der Waals surface area (Å²) in [5.74, 6) is -0.182. The van der Waals surface area contributed by atoms with Crippen molar-refractivity contribution in [3.05, 3.63) is 60.8 Å². The molecule has 0 bridgehead atoms. The van der Waals surface area contributed by atoms with Crippen molar-refractivity contribution in [2.24, 2.45) is 0 Å². The molecule has 0 aliphatic carbocycles. The lowest BCUT2D eigenvalue weighted by Gasteiger charge is -2.25. The summed E-state index contributed by atoms with van der Waals surface area (Å²) >= 11 is 0. The van der Waals surface area contributed by atoms with E-state index in [1.807, 2.05) is 27.2 Å². The molecule has 0 aromatic carbocycles. The van der Waals surface area contributed by atoms with E-state index in [0.29, 0.717) is 17.4 Å². The maximum atomic E-state index is 13.0. The Kier molecular flexibility index (Phi) is 60.4. The third-order valence-corrected chi connectivity index (χ3v) is 16.7. The minimum Gasteiger partial charge on any atom is -0.387 e. The van der Waals surface area contributed by atoms with Crippen LogP contribution in [0.3, 0.4) is 0 Å². The van der Waals surface area contributed by atoms with Gasteiger partial charge in [0.25, 0.3) is 0 Å². The van der Waals surface area contributed by atoms with Crippen LogP contribution in [0.25, 0.3) is 0 Å². The number of hydrogen-bond acceptors (Lipinski definition) is 5. The van der Waals surface area contributed by atoms with Gasteiger partial charge in [0.2, 0.25) is 5.91 Å². The maximum absolute atomic E-state index is 13.0. The van der Waals surface area contributed by atoms with Crippen LogP contribution in [0, 0.1) is 0 Å². The first-order valence-corrected chi connectivity index (χ1v) is 36.2. The number of amides is 1. The standard InChI is InChI=1S/C71H135N2O6P/c1-6-8-10-12-14-16-18-20-22-24-26-28-30-31-32-33-34-35-36-37-38-39-40-41-43-45-47-49-51-53-55-57-59-61-63-65-71(75)72-69(68-79-80(76,77)78-67-66-73(3,4)5)70(74)64-62-60-58-56-54-52-50-48-46-44-42-29-27-25-23-21-19-17-15-13-11-9-7-2/h18,20,24,26,30-31,54,56,62,64,69-70,74H,6-17,19,21-23,25,27-29,32-53,55,57-61,63,65-68H2,1-5H3,(H-,72,75,76,77)/p+1/b20-18-,26-24-,31-30-,56-54+,64-62+. The molecule has 470 valence electrons. The monoisotopic (exact) mass is 1140 g/mol. The fraction of sp³-hybridized carbons (Fsp3) is 0.845. The molecule has 0 saturated heterocycles. The molecule has 8 nitrogen and oxygen atoms in total. The van der Waals surface area contributed by atoms with Crippen LogP contribution in [-0.4, -0.2) is 73.4 Å². The first-order valence-electron chi connectivity index (χ1n) is 34.7. The van der Waals surface area contributed by atoms with Crippen LogP contribution in [0.1, 0.15) is 335 Å². The van der Waals surface area contributed by atoms with Crippen LogP contribution >= 0.6 is 7.82 Å². The second-order valence-electron chi connectivity index (χ2n) is 24.9. The van der Waals surface area contributed by atoms with E-state index in [-0.39, 0.29) is 19.1 Å². The lowest BCUT2D eigenvalue weighted by Crippen LogP contribution is -2.45. The second kappa shape index (κ2) is 61.8. The van der Waals surface area contributed by atoms with Gasteiger partial charge in [0.15, 0.2) is 0 Å². The number of phosphoric ester groups is 1. The predicted octanol–water partition coefficient (Wildman–Crippen LogP) is 22.0. The van der Waals surface area contributed by atoms with Crippen LogP contribution in [-0.2, 0) is 18.4 Å². The minimum atomic E-state index is -4.36. The molecule has 3 unspecified atom stereocenters. The molecule has 0 spiro atoms. The van der Waals surface area contributed by atoms with E-state index in [1.54, 1.807) is 6.08 Å². The predicted molar refractivity (Wildman–Crippen MR) is 350 cm³/mol. The summed E-state index contributed by atoms with van der Waals surface area (Å²) in [4.78, 5) is 23.4. The number of nitrogens with zero attached hydrogens (tertiary/aromatic N) is 1. The van der Waals surface area contributed by atoms with Gasteiger partial charge in [0.1, 0.15) is 13.2 Å². The van der Waals surface area contributed by atoms with E-state index >= 15 is 0 Å². The highest BCUT2D eigenvalue weighted by Gasteiger charge is 2.28. The van der Waals surface area contributed by atoms with Gasteiger partial charge in [0.05, 0.1) is 39.9 Å². The summed E-state index contributed by atoms with van der Waals surface area (Å²) < 4.78 is 23.8. The molecule has 3 N–H and O–H groups in total. The van der Waals surface area contributed by atoms with Gasteiger partial charge in [-0.3, -0.25) is 13.8 Å². The number of aliphatic hydroxyl groups excluding tert-OH is 1. The van der Waals surface area contributed by atoms with Crippen molar-refractivity contribution in [1.29, 1.82) is 0 Å². The number of unbranched alkanes of at least 4 members (excludes halogenated alkanes) is 43. The fourth-order valence-electron chi connectivity index (χ4n) is 10.3. The molecule has 0 aromatic heterocycles. The Labute approximate surface area is 498 Å². The molecule has 0 fully saturated rings. The first kappa shape index (κ1) is 78.2. The maximum Gasteiger partial charge on any atom is 0.472 e. The number of allylic oxidation sites excluding steroid dienone is 9. The van der Waals surface area contributed by atoms with Gasteiger partial charge in [-0.05, 0) is 70.6 Å². The lowest BCUT2D eigenvalue weighted by atomic mass is 10.0. The zero-order valence-electron chi connectivity index (χ0n) is 53.8. The zero-order chi connectivity index (χ0) is 58.4. The lowest BCUT2D eigenvalue weighted by molar-refractivity contribution is -0.870. The van der Waals surface area contributed by atoms with E-state index in [0.717, 1.165) is 51.4 Å². The molecule has 0 radical (unpaired) electrons. The molecule has 0 aliphatic heterocycles. The summed E-state index contributed by atoms with van der Waals surface area (Å²) in [6.07, 6.45) is 85.1. The average Bonchev–Trinajstić information content (AvgIpc) is 3.42. The van der Waals surface area contributed by atoms with Gasteiger partial charge in [-0.2, -0.15) is 0 Å². The van der Waals surface area contributed by atoms with Gasteiger partial charge < -0.3 is 19.8 Å². The van der Waals surface area contributed by atoms with Crippen LogP contribution in [0.5, 0.6) is 0 Å². The number of rotatable bonds is 64. The molecule has 1 amide bonds. The SMILES string of the molecule is CCCCCCC/C=C\C/C=C\C/C=C\CCCCCCCCCCCCCCCCCCCCCCC(=O)NC(COP(=O)(O)OCC[N+](C)(C)C)C(O)/C=C/CC/C=C/CCCCCCCCCCCCCCCCCCC. The van der Waals surface area contributed by atoms with Crippen molar-refractivity contribution >= 4 is 13.7 Å². The Morgan fingerprint density at radius 2 is 0.725 bits per heavy atom. The summed E-state index contributed by atoms with van der Waals surface area (Å²) in [5.41, 5.74) is 0. The molecule has 0 aromatic rings. The van der Waals surface area contributed by atoms with E-state index in [2.05, 4.69) is 67.8 Å². The first-order chi connectivity index (χ1) is 39.0. The van der Waals surface area contributed by atoms with Crippen molar-refractivity contribution in [2.75, 3.05) is 40.9 Å². The quantitative estimate of drug-likeness (QED) is 0.0243. The highest BCUT2D eigenvalue weighted by molar-refractivity contribution is 7.47. The molecule has 9 heteroatoms. The number of carbonyl (C=O) groups excluding carboxylic acids is 1. The van der Waals surface area contributed by atoms with Gasteiger partial charge in [-0.1, -0.05) is 319 Å². The fourth-order valence-corrected chi connectivity index (χ4v) is 11.0. The minimum absolute atomic E-state index is 0.0565. The number of hydrogen-bond donors (Lipinski definition) is 3. The van der Waals surface area contributed by atoms with Crippen LogP contribution in [0.4, 0.5) is 0 Å². The molecular weight excluding hydrogens is 1010 g/mol. The number of carbonyl (C=O) groups is 1. The topological polar surface area (TPSA) is 105 Å². The Balaban J connectivity index is 4.05. The van der Waals surface area contributed by atoms with Crippen molar-refractivity contribution in [2.45, 2.75) is 347 Å². The van der Waals surface area contributed by atoms with Crippen LogP contribution in [0.2, 0.25) is 0 Å². The van der Waals surface area contributed by atoms with Gasteiger partial charge in [-0.25, -0.2) is 4.57 Å². The largest absolute Gasteiger partial charge is 0.472 e. The van der Waals surface area contributed by atoms with Gasteiger partial charge >= 0.3 is 7.82 Å². The summed E-state index contributed by atoms with van der Waals surface area (Å²) in [6, 6.07) is -0.865. The van der Waals surface area contributed by atoms with Crippen LogP contribution < -0.4 is 5.32 Å². The number of nitrogens with one attached hydrogen (secondary N) is 1. The third-order valence-electron chi connectivity index (χ3n) is 15.7. The second-order valence-corrected chi connectivity index (χ2v) is 26.4. The van der Waals surface area contributed by atoms with E-state index in [9.17, 15) is 19.4 Å². The van der Waals surface area contributed by atoms with Gasteiger partial charge in [0, 0.05) is 6.42 Å². The third kappa shape index (κ3) is 63.8.